The molecule has 1 aromatic carbocycles. The SMILES string of the molecule is COc1ccc(CNC(=O)CCC23CCC(C)(O)CC2C(C)(C)CC3NC(=O)CC(C)(C)C)cc1. The standard InChI is InChI=1S/C29H46N2O4/c1-26(2,3)18-25(33)31-23-17-27(4,5)22-16-28(6,34)14-15-29(22,23)13-12-24(32)30-19-20-8-10-21(35-7)11-9-20/h8-11,22-23,34H,12-19H2,1-7H3,(H,30,32)(H,31,33). The van der Waals surface area contributed by atoms with Gasteiger partial charge in [-0.3, -0.25) is 9.59 Å². The van der Waals surface area contributed by atoms with Gasteiger partial charge in [-0.2, -0.15) is 0 Å². The second-order valence-corrected chi connectivity index (χ2v) is 13.2. The van der Waals surface area contributed by atoms with Crippen LogP contribution >= 0.6 is 0 Å². The number of nitrogens with one attached hydrogen (secondary N) is 2. The van der Waals surface area contributed by atoms with Crippen molar-refractivity contribution in [1.29, 1.82) is 0 Å². The summed E-state index contributed by atoms with van der Waals surface area (Å²) in [4.78, 5) is 25.9. The number of aliphatic hydroxyl groups is 1. The highest BCUT2D eigenvalue weighted by atomic mass is 16.5. The lowest BCUT2D eigenvalue weighted by Crippen LogP contribution is -2.53. The minimum Gasteiger partial charge on any atom is -0.497 e. The molecular formula is C29H46N2O4. The molecule has 2 aliphatic carbocycles. The van der Waals surface area contributed by atoms with Crippen molar-refractivity contribution < 1.29 is 19.4 Å². The van der Waals surface area contributed by atoms with E-state index < -0.39 is 5.60 Å². The highest BCUT2D eigenvalue weighted by Gasteiger charge is 2.61. The lowest BCUT2D eigenvalue weighted by molar-refractivity contribution is -0.126. The van der Waals surface area contributed by atoms with Gasteiger partial charge in [-0.25, -0.2) is 0 Å². The summed E-state index contributed by atoms with van der Waals surface area (Å²) in [6.45, 7) is 13.2. The average Bonchev–Trinajstić information content (AvgIpc) is 2.95. The van der Waals surface area contributed by atoms with Gasteiger partial charge in [-0.15, -0.1) is 0 Å². The van der Waals surface area contributed by atoms with Crippen molar-refractivity contribution in [3.8, 4) is 5.75 Å². The van der Waals surface area contributed by atoms with Crippen molar-refractivity contribution >= 4 is 11.8 Å². The van der Waals surface area contributed by atoms with Gasteiger partial charge in [0, 0.05) is 25.4 Å². The van der Waals surface area contributed by atoms with Gasteiger partial charge in [0.1, 0.15) is 5.75 Å². The van der Waals surface area contributed by atoms with Crippen LogP contribution in [0.4, 0.5) is 0 Å². The molecule has 3 N–H and O–H groups in total. The number of amides is 2. The van der Waals surface area contributed by atoms with E-state index >= 15 is 0 Å². The molecule has 2 saturated carbocycles. The van der Waals surface area contributed by atoms with E-state index in [9.17, 15) is 14.7 Å². The number of hydrogen-bond donors (Lipinski definition) is 3. The second kappa shape index (κ2) is 10.1. The van der Waals surface area contributed by atoms with Crippen molar-refractivity contribution in [1.82, 2.24) is 10.6 Å². The first kappa shape index (κ1) is 27.5. The predicted molar refractivity (Wildman–Crippen MR) is 139 cm³/mol. The molecule has 0 aromatic heterocycles. The zero-order chi connectivity index (χ0) is 26.1. The van der Waals surface area contributed by atoms with E-state index in [4.69, 9.17) is 4.74 Å². The number of carbonyl (C=O) groups excluding carboxylic acids is 2. The minimum absolute atomic E-state index is 0.0165. The van der Waals surface area contributed by atoms with Gasteiger partial charge in [0.05, 0.1) is 12.7 Å². The van der Waals surface area contributed by atoms with Gasteiger partial charge in [0.2, 0.25) is 11.8 Å². The maximum atomic E-state index is 13.0. The van der Waals surface area contributed by atoms with Gasteiger partial charge >= 0.3 is 0 Å². The summed E-state index contributed by atoms with van der Waals surface area (Å²) in [5, 5.41) is 17.4. The lowest BCUT2D eigenvalue weighted by atomic mass is 9.57. The van der Waals surface area contributed by atoms with Crippen LogP contribution in [0.5, 0.6) is 5.75 Å². The second-order valence-electron chi connectivity index (χ2n) is 13.2. The van der Waals surface area contributed by atoms with Crippen LogP contribution in [-0.2, 0) is 16.1 Å². The Morgan fingerprint density at radius 3 is 2.31 bits per heavy atom. The number of rotatable bonds is 8. The van der Waals surface area contributed by atoms with Crippen LogP contribution < -0.4 is 15.4 Å². The molecule has 0 heterocycles. The molecule has 4 unspecified atom stereocenters. The fraction of sp³-hybridized carbons (Fsp3) is 0.724. The first-order chi connectivity index (χ1) is 16.2. The zero-order valence-corrected chi connectivity index (χ0v) is 22.8. The third kappa shape index (κ3) is 6.78. The number of benzene rings is 1. The van der Waals surface area contributed by atoms with Crippen LogP contribution in [0.25, 0.3) is 0 Å². The lowest BCUT2D eigenvalue weighted by Gasteiger charge is -2.51. The quantitative estimate of drug-likeness (QED) is 0.484. The highest BCUT2D eigenvalue weighted by Crippen LogP contribution is 2.63. The Balaban J connectivity index is 1.72. The van der Waals surface area contributed by atoms with Gasteiger partial charge < -0.3 is 20.5 Å². The van der Waals surface area contributed by atoms with Gasteiger partial charge in [-0.05, 0) is 78.9 Å². The molecule has 2 fully saturated rings. The van der Waals surface area contributed by atoms with E-state index in [0.29, 0.717) is 38.6 Å². The number of hydrogen-bond acceptors (Lipinski definition) is 4. The molecule has 3 rings (SSSR count). The number of fused-ring (bicyclic) bond motifs is 1. The summed E-state index contributed by atoms with van der Waals surface area (Å²) >= 11 is 0. The molecular weight excluding hydrogens is 440 g/mol. The fourth-order valence-electron chi connectivity index (χ4n) is 6.54. The summed E-state index contributed by atoms with van der Waals surface area (Å²) in [6, 6.07) is 7.71. The van der Waals surface area contributed by atoms with Crippen LogP contribution in [0.3, 0.4) is 0 Å². The molecule has 0 spiro atoms. The molecule has 0 radical (unpaired) electrons. The van der Waals surface area contributed by atoms with Crippen LogP contribution in [0, 0.1) is 22.2 Å². The highest BCUT2D eigenvalue weighted by molar-refractivity contribution is 5.77. The molecule has 196 valence electrons. The van der Waals surface area contributed by atoms with Crippen LogP contribution in [0.15, 0.2) is 24.3 Å². The Kier molecular flexibility index (Phi) is 7.95. The molecule has 35 heavy (non-hydrogen) atoms. The normalized spacial score (nSPS) is 29.8. The summed E-state index contributed by atoms with van der Waals surface area (Å²) in [6.07, 6.45) is 4.70. The summed E-state index contributed by atoms with van der Waals surface area (Å²) < 4.78 is 5.20. The Morgan fingerprint density at radius 2 is 1.71 bits per heavy atom. The predicted octanol–water partition coefficient (Wildman–Crippen LogP) is 4.98. The van der Waals surface area contributed by atoms with Crippen molar-refractivity contribution in [2.45, 2.75) is 105 Å². The molecule has 6 heteroatoms. The monoisotopic (exact) mass is 486 g/mol. The number of carbonyl (C=O) groups is 2. The van der Waals surface area contributed by atoms with E-state index in [1.54, 1.807) is 7.11 Å². The Morgan fingerprint density at radius 1 is 1.06 bits per heavy atom. The molecule has 1 aromatic rings. The molecule has 0 saturated heterocycles. The molecule has 4 atom stereocenters. The summed E-state index contributed by atoms with van der Waals surface area (Å²) in [5.41, 5.74) is 0.0352. The van der Waals surface area contributed by atoms with Crippen LogP contribution in [-0.4, -0.2) is 35.7 Å². The molecule has 6 nitrogen and oxygen atoms in total. The maximum Gasteiger partial charge on any atom is 0.220 e. The van der Waals surface area contributed by atoms with Gasteiger partial charge in [-0.1, -0.05) is 46.8 Å². The first-order valence-corrected chi connectivity index (χ1v) is 13.1. The first-order valence-electron chi connectivity index (χ1n) is 13.1. The molecule has 0 bridgehead atoms. The van der Waals surface area contributed by atoms with E-state index in [0.717, 1.165) is 24.2 Å². The van der Waals surface area contributed by atoms with Gasteiger partial charge in [0.15, 0.2) is 0 Å². The Labute approximate surface area is 211 Å². The topological polar surface area (TPSA) is 87.7 Å². The molecule has 0 aliphatic heterocycles. The number of methoxy groups -OCH3 is 1. The van der Waals surface area contributed by atoms with E-state index in [-0.39, 0.29) is 40.0 Å². The molecule has 2 aliphatic rings. The van der Waals surface area contributed by atoms with E-state index in [2.05, 4.69) is 45.3 Å². The number of ether oxygens (including phenoxy) is 1. The van der Waals surface area contributed by atoms with Crippen molar-refractivity contribution in [2.75, 3.05) is 7.11 Å². The largest absolute Gasteiger partial charge is 0.497 e. The maximum absolute atomic E-state index is 13.0. The van der Waals surface area contributed by atoms with Crippen LogP contribution in [0.1, 0.15) is 92.1 Å². The Bertz CT molecular complexity index is 900. The zero-order valence-electron chi connectivity index (χ0n) is 22.8. The minimum atomic E-state index is -0.702. The van der Waals surface area contributed by atoms with Gasteiger partial charge in [0.25, 0.3) is 0 Å². The van der Waals surface area contributed by atoms with E-state index in [1.807, 2.05) is 31.2 Å². The van der Waals surface area contributed by atoms with Crippen molar-refractivity contribution in [3.05, 3.63) is 29.8 Å². The molecule has 2 amide bonds. The smallest absolute Gasteiger partial charge is 0.220 e. The third-order valence-corrected chi connectivity index (χ3v) is 8.33. The van der Waals surface area contributed by atoms with Crippen molar-refractivity contribution in [2.24, 2.45) is 22.2 Å². The summed E-state index contributed by atoms with van der Waals surface area (Å²) in [7, 11) is 1.64. The third-order valence-electron chi connectivity index (χ3n) is 8.33. The fourth-order valence-corrected chi connectivity index (χ4v) is 6.54. The van der Waals surface area contributed by atoms with Crippen LogP contribution in [0.2, 0.25) is 0 Å². The van der Waals surface area contributed by atoms with E-state index in [1.165, 1.54) is 0 Å². The van der Waals surface area contributed by atoms with Crippen molar-refractivity contribution in [3.63, 3.8) is 0 Å². The average molecular weight is 487 g/mol. The Hall–Kier alpha value is -2.08. The summed E-state index contributed by atoms with van der Waals surface area (Å²) in [5.74, 6) is 1.14.